The summed E-state index contributed by atoms with van der Waals surface area (Å²) in [5.74, 6) is 1.91. The van der Waals surface area contributed by atoms with E-state index >= 15 is 0 Å². The van der Waals surface area contributed by atoms with Gasteiger partial charge in [0, 0.05) is 16.7 Å². The van der Waals surface area contributed by atoms with Gasteiger partial charge in [0.15, 0.2) is 17.5 Å². The Morgan fingerprint density at radius 2 is 0.705 bits per heavy atom. The predicted molar refractivity (Wildman–Crippen MR) is 251 cm³/mol. The van der Waals surface area contributed by atoms with Crippen LogP contribution in [0.4, 0.5) is 0 Å². The van der Waals surface area contributed by atoms with Crippen LogP contribution in [0.5, 0.6) is 0 Å². The smallest absolute Gasteiger partial charge is 0.164 e. The van der Waals surface area contributed by atoms with E-state index in [1.165, 1.54) is 60.1 Å². The molecule has 3 heteroatoms. The van der Waals surface area contributed by atoms with Crippen molar-refractivity contribution < 1.29 is 0 Å². The molecule has 0 radical (unpaired) electrons. The lowest BCUT2D eigenvalue weighted by molar-refractivity contribution is 0.769. The molecular formula is C58H37N3. The zero-order valence-corrected chi connectivity index (χ0v) is 33.2. The summed E-state index contributed by atoms with van der Waals surface area (Å²) in [4.78, 5) is 15.9. The fraction of sp³-hybridized carbons (Fsp3) is 0.0172. The van der Waals surface area contributed by atoms with Crippen molar-refractivity contribution in [2.24, 2.45) is 0 Å². The molecule has 1 heterocycles. The molecule has 1 aliphatic carbocycles. The first-order valence-electron chi connectivity index (χ1n) is 20.9. The molecule has 0 spiro atoms. The monoisotopic (exact) mass is 775 g/mol. The first-order valence-corrected chi connectivity index (χ1v) is 20.9. The molecule has 12 rings (SSSR count). The maximum atomic E-state index is 5.38. The van der Waals surface area contributed by atoms with E-state index < -0.39 is 5.41 Å². The Morgan fingerprint density at radius 3 is 1.26 bits per heavy atom. The second-order valence-electron chi connectivity index (χ2n) is 15.9. The number of hydrogen-bond donors (Lipinski definition) is 0. The molecule has 11 aromatic rings. The molecule has 10 aromatic carbocycles. The number of benzene rings is 10. The van der Waals surface area contributed by atoms with Gasteiger partial charge in [-0.1, -0.05) is 206 Å². The second-order valence-corrected chi connectivity index (χ2v) is 15.9. The van der Waals surface area contributed by atoms with E-state index in [9.17, 15) is 0 Å². The van der Waals surface area contributed by atoms with Crippen molar-refractivity contribution >= 4 is 32.3 Å². The van der Waals surface area contributed by atoms with Crippen molar-refractivity contribution in [1.29, 1.82) is 0 Å². The third-order valence-corrected chi connectivity index (χ3v) is 12.6. The summed E-state index contributed by atoms with van der Waals surface area (Å²) >= 11 is 0. The quantitative estimate of drug-likeness (QED) is 0.158. The van der Waals surface area contributed by atoms with Gasteiger partial charge in [0.25, 0.3) is 0 Å². The number of nitrogens with zero attached hydrogens (tertiary/aromatic N) is 3. The second kappa shape index (κ2) is 14.1. The molecule has 0 fully saturated rings. The predicted octanol–water partition coefficient (Wildman–Crippen LogP) is 14.4. The minimum absolute atomic E-state index is 0.628. The molecule has 0 N–H and O–H groups in total. The van der Waals surface area contributed by atoms with Gasteiger partial charge in [0.05, 0.1) is 5.41 Å². The van der Waals surface area contributed by atoms with Crippen molar-refractivity contribution in [3.63, 3.8) is 0 Å². The Kier molecular flexibility index (Phi) is 8.07. The summed E-state index contributed by atoms with van der Waals surface area (Å²) in [5, 5.41) is 7.50. The third kappa shape index (κ3) is 5.48. The van der Waals surface area contributed by atoms with Crippen LogP contribution in [-0.2, 0) is 5.41 Å². The van der Waals surface area contributed by atoms with Crippen LogP contribution < -0.4 is 0 Å². The summed E-state index contributed by atoms with van der Waals surface area (Å²) in [6.07, 6.45) is 0. The van der Waals surface area contributed by atoms with E-state index in [2.05, 4.69) is 188 Å². The summed E-state index contributed by atoms with van der Waals surface area (Å²) in [6, 6.07) is 80.7. The van der Waals surface area contributed by atoms with Crippen LogP contribution in [0.1, 0.15) is 22.3 Å². The molecule has 61 heavy (non-hydrogen) atoms. The molecule has 1 aliphatic rings. The average molecular weight is 776 g/mol. The zero-order valence-electron chi connectivity index (χ0n) is 33.2. The maximum absolute atomic E-state index is 5.38. The van der Waals surface area contributed by atoms with Crippen LogP contribution in [0.3, 0.4) is 0 Å². The Morgan fingerprint density at radius 1 is 0.262 bits per heavy atom. The van der Waals surface area contributed by atoms with Crippen molar-refractivity contribution in [3.05, 3.63) is 247 Å². The lowest BCUT2D eigenvalue weighted by atomic mass is 9.67. The molecular weight excluding hydrogens is 739 g/mol. The van der Waals surface area contributed by atoms with Crippen LogP contribution in [0, 0.1) is 0 Å². The molecule has 0 saturated carbocycles. The fourth-order valence-corrected chi connectivity index (χ4v) is 9.93. The summed E-state index contributed by atoms with van der Waals surface area (Å²) in [7, 11) is 0. The molecule has 3 nitrogen and oxygen atoms in total. The fourth-order valence-electron chi connectivity index (χ4n) is 9.93. The minimum atomic E-state index is -0.628. The Balaban J connectivity index is 1.22. The van der Waals surface area contributed by atoms with Gasteiger partial charge >= 0.3 is 0 Å². The van der Waals surface area contributed by atoms with Crippen molar-refractivity contribution in [2.45, 2.75) is 5.41 Å². The van der Waals surface area contributed by atoms with Crippen molar-refractivity contribution in [3.8, 4) is 56.4 Å². The summed E-state index contributed by atoms with van der Waals surface area (Å²) in [5.41, 5.74) is 11.6. The lowest BCUT2D eigenvalue weighted by Gasteiger charge is -2.34. The first kappa shape index (κ1) is 35.0. The Bertz CT molecular complexity index is 3320. The maximum Gasteiger partial charge on any atom is 0.164 e. The molecule has 0 bridgehead atoms. The average Bonchev–Trinajstić information content (AvgIpc) is 3.65. The van der Waals surface area contributed by atoms with Gasteiger partial charge in [-0.2, -0.15) is 0 Å². The lowest BCUT2D eigenvalue weighted by Crippen LogP contribution is -2.28. The highest BCUT2D eigenvalue weighted by atomic mass is 15.0. The van der Waals surface area contributed by atoms with E-state index in [0.717, 1.165) is 33.4 Å². The van der Waals surface area contributed by atoms with Crippen molar-refractivity contribution in [1.82, 2.24) is 15.0 Å². The highest BCUT2D eigenvalue weighted by Gasteiger charge is 2.47. The molecule has 0 atom stereocenters. The highest BCUT2D eigenvalue weighted by molar-refractivity contribution is 6.25. The Labute approximate surface area is 354 Å². The van der Waals surface area contributed by atoms with Gasteiger partial charge in [-0.25, -0.2) is 15.0 Å². The SMILES string of the molecule is c1ccc(-c2nc(-c3ccccc3)nc(-c3cc(-c4ccc5c6ccccc6c6ccccc6c5c4)cc4c3-c3ccccc3C4(c3ccccc3)c3ccccc3)n2)cc1. The highest BCUT2D eigenvalue weighted by Crippen LogP contribution is 2.59. The standard InChI is InChI=1S/C58H37N3/c1-5-19-38(20-6-1)55-59-56(39-21-7-2-8-22-39)61-57(60-55)51-36-41(40-33-34-48-46-29-14-13-27-44(46)45-28-15-16-30-47(45)50(48)35-40)37-53-54(51)49-31-17-18-32-52(49)58(53,42-23-9-3-10-24-42)43-25-11-4-12-26-43/h1-37H. The number of aromatic nitrogens is 3. The molecule has 0 aliphatic heterocycles. The van der Waals surface area contributed by atoms with E-state index in [1.807, 2.05) is 36.4 Å². The molecule has 1 aromatic heterocycles. The largest absolute Gasteiger partial charge is 0.208 e. The van der Waals surface area contributed by atoms with Crippen LogP contribution in [0.15, 0.2) is 224 Å². The molecule has 284 valence electrons. The first-order chi connectivity index (χ1) is 30.3. The number of hydrogen-bond acceptors (Lipinski definition) is 3. The van der Waals surface area contributed by atoms with E-state index in [4.69, 9.17) is 15.0 Å². The molecule has 0 amide bonds. The molecule has 0 saturated heterocycles. The van der Waals surface area contributed by atoms with Gasteiger partial charge in [0.1, 0.15) is 0 Å². The number of fused-ring (bicyclic) bond motifs is 9. The zero-order chi connectivity index (χ0) is 40.3. The van der Waals surface area contributed by atoms with Crippen LogP contribution in [-0.4, -0.2) is 15.0 Å². The summed E-state index contributed by atoms with van der Waals surface area (Å²) < 4.78 is 0. The van der Waals surface area contributed by atoms with Gasteiger partial charge in [-0.3, -0.25) is 0 Å². The van der Waals surface area contributed by atoms with E-state index in [1.54, 1.807) is 0 Å². The van der Waals surface area contributed by atoms with Gasteiger partial charge < -0.3 is 0 Å². The van der Waals surface area contributed by atoms with E-state index in [-0.39, 0.29) is 0 Å². The van der Waals surface area contributed by atoms with E-state index in [0.29, 0.717) is 17.5 Å². The van der Waals surface area contributed by atoms with Gasteiger partial charge in [-0.15, -0.1) is 0 Å². The Hall–Kier alpha value is -8.01. The van der Waals surface area contributed by atoms with Crippen LogP contribution >= 0.6 is 0 Å². The van der Waals surface area contributed by atoms with Crippen molar-refractivity contribution in [2.75, 3.05) is 0 Å². The topological polar surface area (TPSA) is 38.7 Å². The van der Waals surface area contributed by atoms with Crippen LogP contribution in [0.25, 0.3) is 88.7 Å². The normalized spacial score (nSPS) is 12.7. The van der Waals surface area contributed by atoms with Crippen LogP contribution in [0.2, 0.25) is 0 Å². The summed E-state index contributed by atoms with van der Waals surface area (Å²) in [6.45, 7) is 0. The van der Waals surface area contributed by atoms with Gasteiger partial charge in [-0.05, 0) is 95.0 Å². The minimum Gasteiger partial charge on any atom is -0.208 e. The third-order valence-electron chi connectivity index (χ3n) is 12.6. The van der Waals surface area contributed by atoms with Gasteiger partial charge in [0.2, 0.25) is 0 Å². The number of rotatable bonds is 6. The molecule has 0 unspecified atom stereocenters.